The predicted octanol–water partition coefficient (Wildman–Crippen LogP) is 2.82. The Labute approximate surface area is 129 Å². The molecule has 0 saturated heterocycles. The van der Waals surface area contributed by atoms with Crippen molar-refractivity contribution in [3.63, 3.8) is 0 Å². The first kappa shape index (κ1) is 17.7. The summed E-state index contributed by atoms with van der Waals surface area (Å²) in [5, 5.41) is 10.9. The number of nitro benzene ring substituents is 1. The summed E-state index contributed by atoms with van der Waals surface area (Å²) in [6.45, 7) is 2.75. The maximum Gasteiger partial charge on any atom is 0.273 e. The molecule has 0 N–H and O–H groups in total. The van der Waals surface area contributed by atoms with E-state index in [-0.39, 0.29) is 11.6 Å². The zero-order valence-electron chi connectivity index (χ0n) is 12.4. The minimum atomic E-state index is -0.411. The Bertz CT molecular complexity index is 457. The van der Waals surface area contributed by atoms with Crippen molar-refractivity contribution in [2.45, 2.75) is 12.3 Å². The number of hydrogen-bond acceptors (Lipinski definition) is 5. The molecule has 0 heterocycles. The fraction of sp³-hybridized carbons (Fsp3) is 0.571. The van der Waals surface area contributed by atoms with Gasteiger partial charge >= 0.3 is 0 Å². The lowest BCUT2D eigenvalue weighted by atomic mass is 10.1. The maximum absolute atomic E-state index is 10.9. The van der Waals surface area contributed by atoms with Crippen LogP contribution in [0.5, 0.6) is 0 Å². The lowest BCUT2D eigenvalue weighted by Gasteiger charge is -2.25. The molecular weight excluding hydrogens is 296 g/mol. The smallest absolute Gasteiger partial charge is 0.273 e. The number of rotatable bonds is 10. The normalized spacial score (nSPS) is 10.6. The van der Waals surface area contributed by atoms with Crippen molar-refractivity contribution in [1.29, 1.82) is 0 Å². The standard InChI is InChI=1S/C14H21ClN2O4/c1-20-8-3-6-16(7-9-21-2)13-4-5-14(17(18)19)12(10-13)11-15/h4-5,10H,3,6-9,11H2,1-2H3. The van der Waals surface area contributed by atoms with Gasteiger partial charge in [0.25, 0.3) is 5.69 Å². The molecule has 1 aromatic carbocycles. The van der Waals surface area contributed by atoms with E-state index in [1.165, 1.54) is 6.07 Å². The number of methoxy groups -OCH3 is 2. The third-order valence-electron chi connectivity index (χ3n) is 3.11. The summed E-state index contributed by atoms with van der Waals surface area (Å²) in [6, 6.07) is 5.02. The van der Waals surface area contributed by atoms with Crippen LogP contribution in [-0.2, 0) is 15.4 Å². The van der Waals surface area contributed by atoms with Gasteiger partial charge in [-0.2, -0.15) is 0 Å². The highest BCUT2D eigenvalue weighted by atomic mass is 35.5. The number of nitro groups is 1. The Morgan fingerprint density at radius 3 is 2.52 bits per heavy atom. The predicted molar refractivity (Wildman–Crippen MR) is 83.2 cm³/mol. The second kappa shape index (κ2) is 9.55. The Morgan fingerprint density at radius 2 is 1.95 bits per heavy atom. The molecule has 0 atom stereocenters. The van der Waals surface area contributed by atoms with Crippen molar-refractivity contribution in [1.82, 2.24) is 0 Å². The van der Waals surface area contributed by atoms with Gasteiger partial charge in [0.2, 0.25) is 0 Å². The van der Waals surface area contributed by atoms with E-state index in [2.05, 4.69) is 4.90 Å². The van der Waals surface area contributed by atoms with E-state index >= 15 is 0 Å². The van der Waals surface area contributed by atoms with E-state index < -0.39 is 4.92 Å². The topological polar surface area (TPSA) is 64.8 Å². The van der Waals surface area contributed by atoms with E-state index in [1.807, 2.05) is 0 Å². The molecule has 0 saturated carbocycles. The van der Waals surface area contributed by atoms with Gasteiger partial charge in [0, 0.05) is 51.2 Å². The summed E-state index contributed by atoms with van der Waals surface area (Å²) in [5.41, 5.74) is 1.48. The van der Waals surface area contributed by atoms with Crippen molar-refractivity contribution >= 4 is 23.0 Å². The molecule has 0 aliphatic heterocycles. The molecule has 0 bridgehead atoms. The van der Waals surface area contributed by atoms with Gasteiger partial charge in [-0.3, -0.25) is 10.1 Å². The van der Waals surface area contributed by atoms with Gasteiger partial charge in [0.05, 0.1) is 17.4 Å². The first-order valence-electron chi connectivity index (χ1n) is 6.70. The van der Waals surface area contributed by atoms with Crippen LogP contribution < -0.4 is 4.90 Å². The van der Waals surface area contributed by atoms with Crippen LogP contribution in [0.1, 0.15) is 12.0 Å². The summed E-state index contributed by atoms with van der Waals surface area (Å²) < 4.78 is 10.2. The molecular formula is C14H21ClN2O4. The average molecular weight is 317 g/mol. The highest BCUT2D eigenvalue weighted by Crippen LogP contribution is 2.26. The third kappa shape index (κ3) is 5.49. The molecule has 7 heteroatoms. The second-order valence-electron chi connectivity index (χ2n) is 4.53. The summed E-state index contributed by atoms with van der Waals surface area (Å²) >= 11 is 5.82. The first-order valence-corrected chi connectivity index (χ1v) is 7.23. The van der Waals surface area contributed by atoms with Crippen LogP contribution in [0.15, 0.2) is 18.2 Å². The maximum atomic E-state index is 10.9. The number of anilines is 1. The molecule has 0 spiro atoms. The van der Waals surface area contributed by atoms with E-state index in [0.29, 0.717) is 25.3 Å². The molecule has 1 aromatic rings. The van der Waals surface area contributed by atoms with Crippen LogP contribution in [0.3, 0.4) is 0 Å². The number of hydrogen-bond donors (Lipinski definition) is 0. The number of alkyl halides is 1. The molecule has 0 aliphatic carbocycles. The Morgan fingerprint density at radius 1 is 1.24 bits per heavy atom. The van der Waals surface area contributed by atoms with E-state index in [9.17, 15) is 10.1 Å². The van der Waals surface area contributed by atoms with E-state index in [1.54, 1.807) is 26.4 Å². The van der Waals surface area contributed by atoms with Crippen LogP contribution in [0.2, 0.25) is 0 Å². The zero-order valence-corrected chi connectivity index (χ0v) is 13.1. The number of nitrogens with zero attached hydrogens (tertiary/aromatic N) is 2. The van der Waals surface area contributed by atoms with Crippen LogP contribution in [-0.4, -0.2) is 45.4 Å². The fourth-order valence-electron chi connectivity index (χ4n) is 2.02. The van der Waals surface area contributed by atoms with Crippen molar-refractivity contribution in [3.8, 4) is 0 Å². The van der Waals surface area contributed by atoms with Gasteiger partial charge < -0.3 is 14.4 Å². The second-order valence-corrected chi connectivity index (χ2v) is 4.80. The molecule has 0 aliphatic rings. The van der Waals surface area contributed by atoms with Gasteiger partial charge in [-0.1, -0.05) is 0 Å². The van der Waals surface area contributed by atoms with Crippen LogP contribution >= 0.6 is 11.6 Å². The van der Waals surface area contributed by atoms with Crippen molar-refractivity contribution < 1.29 is 14.4 Å². The first-order chi connectivity index (χ1) is 10.1. The van der Waals surface area contributed by atoms with Crippen LogP contribution in [0, 0.1) is 10.1 Å². The van der Waals surface area contributed by atoms with Gasteiger partial charge in [-0.05, 0) is 18.6 Å². The SMILES string of the molecule is COCCCN(CCOC)c1ccc([N+](=O)[O-])c(CCl)c1. The minimum Gasteiger partial charge on any atom is -0.385 e. The van der Waals surface area contributed by atoms with E-state index in [0.717, 1.165) is 18.7 Å². The number of ether oxygens (including phenoxy) is 2. The van der Waals surface area contributed by atoms with Crippen LogP contribution in [0.25, 0.3) is 0 Å². The largest absolute Gasteiger partial charge is 0.385 e. The van der Waals surface area contributed by atoms with Gasteiger partial charge in [0.1, 0.15) is 0 Å². The van der Waals surface area contributed by atoms with E-state index in [4.69, 9.17) is 21.1 Å². The quantitative estimate of drug-likeness (QED) is 0.287. The molecule has 0 radical (unpaired) electrons. The average Bonchev–Trinajstić information content (AvgIpc) is 2.50. The third-order valence-corrected chi connectivity index (χ3v) is 3.40. The molecule has 0 amide bonds. The summed E-state index contributed by atoms with van der Waals surface area (Å²) in [7, 11) is 3.31. The van der Waals surface area contributed by atoms with Gasteiger partial charge in [-0.25, -0.2) is 0 Å². The van der Waals surface area contributed by atoms with Crippen molar-refractivity contribution in [2.24, 2.45) is 0 Å². The zero-order chi connectivity index (χ0) is 15.7. The minimum absolute atomic E-state index is 0.0531. The number of benzene rings is 1. The highest BCUT2D eigenvalue weighted by molar-refractivity contribution is 6.17. The van der Waals surface area contributed by atoms with Crippen molar-refractivity contribution in [3.05, 3.63) is 33.9 Å². The molecule has 6 nitrogen and oxygen atoms in total. The molecule has 118 valence electrons. The van der Waals surface area contributed by atoms with Gasteiger partial charge in [0.15, 0.2) is 0 Å². The van der Waals surface area contributed by atoms with Crippen molar-refractivity contribution in [2.75, 3.05) is 45.4 Å². The Hall–Kier alpha value is -1.37. The summed E-state index contributed by atoms with van der Waals surface area (Å²) in [5.74, 6) is 0.111. The number of halogens is 1. The molecule has 1 rings (SSSR count). The highest BCUT2D eigenvalue weighted by Gasteiger charge is 2.15. The Kier molecular flexibility index (Phi) is 8.04. The van der Waals surface area contributed by atoms with Gasteiger partial charge in [-0.15, -0.1) is 11.6 Å². The fourth-order valence-corrected chi connectivity index (χ4v) is 2.24. The monoisotopic (exact) mass is 316 g/mol. The summed E-state index contributed by atoms with van der Waals surface area (Å²) in [6.07, 6.45) is 0.868. The molecule has 0 fully saturated rings. The molecule has 0 aromatic heterocycles. The molecule has 21 heavy (non-hydrogen) atoms. The Balaban J connectivity index is 2.92. The van der Waals surface area contributed by atoms with Crippen LogP contribution in [0.4, 0.5) is 11.4 Å². The molecule has 0 unspecified atom stereocenters. The lowest BCUT2D eigenvalue weighted by Crippen LogP contribution is -2.29. The summed E-state index contributed by atoms with van der Waals surface area (Å²) in [4.78, 5) is 12.6. The lowest BCUT2D eigenvalue weighted by molar-refractivity contribution is -0.385.